The highest BCUT2D eigenvalue weighted by atomic mass is 35.5. The van der Waals surface area contributed by atoms with Crippen LogP contribution < -0.4 is 15.8 Å². The summed E-state index contributed by atoms with van der Waals surface area (Å²) in [6, 6.07) is 0.152. The number of carbonyl (C=O) groups excluding carboxylic acids is 1. The molecule has 1 heterocycles. The van der Waals surface area contributed by atoms with Gasteiger partial charge in [-0.1, -0.05) is 11.6 Å². The highest BCUT2D eigenvalue weighted by molar-refractivity contribution is 6.31. The van der Waals surface area contributed by atoms with E-state index in [1.807, 2.05) is 0 Å². The highest BCUT2D eigenvalue weighted by Gasteiger charge is 2.31. The number of pyridine rings is 1. The van der Waals surface area contributed by atoms with E-state index in [1.165, 1.54) is 0 Å². The molecule has 5 nitrogen and oxygen atoms in total. The molecule has 0 aromatic carbocycles. The maximum absolute atomic E-state index is 12.4. The fourth-order valence-electron chi connectivity index (χ4n) is 1.30. The molecule has 126 valence electrons. The molecule has 0 aliphatic heterocycles. The monoisotopic (exact) mass is 361 g/mol. The van der Waals surface area contributed by atoms with Crippen molar-refractivity contribution in [2.75, 3.05) is 13.2 Å². The number of aromatic nitrogens is 1. The highest BCUT2D eigenvalue weighted by Crippen LogP contribution is 2.33. The summed E-state index contributed by atoms with van der Waals surface area (Å²) in [7, 11) is 0. The molecule has 0 fully saturated rings. The molecule has 1 amide bonds. The van der Waals surface area contributed by atoms with Crippen LogP contribution >= 0.6 is 24.0 Å². The van der Waals surface area contributed by atoms with Crippen LogP contribution in [0.5, 0.6) is 5.88 Å². The van der Waals surface area contributed by atoms with Crippen molar-refractivity contribution in [1.82, 2.24) is 10.3 Å². The van der Waals surface area contributed by atoms with Crippen molar-refractivity contribution in [2.45, 2.75) is 25.6 Å². The van der Waals surface area contributed by atoms with E-state index < -0.39 is 17.8 Å². The number of hydrogen-bond acceptors (Lipinski definition) is 4. The van der Waals surface area contributed by atoms with Gasteiger partial charge in [0.2, 0.25) is 11.8 Å². The summed E-state index contributed by atoms with van der Waals surface area (Å²) in [5.41, 5.74) is 4.41. The van der Waals surface area contributed by atoms with Crippen LogP contribution in [0.4, 0.5) is 13.2 Å². The summed E-state index contributed by atoms with van der Waals surface area (Å²) in [6.07, 6.45) is -3.41. The first-order valence-electron chi connectivity index (χ1n) is 6.10. The minimum absolute atomic E-state index is 0. The average Bonchev–Trinajstić information content (AvgIpc) is 2.38. The van der Waals surface area contributed by atoms with Gasteiger partial charge in [0.25, 0.3) is 0 Å². The lowest BCUT2D eigenvalue weighted by atomic mass is 10.3. The molecular formula is C12H16Cl2F3N3O2. The number of carbonyl (C=O) groups is 1. The third-order valence-electron chi connectivity index (χ3n) is 2.41. The standard InChI is InChI=1S/C12H15ClF3N3O2.ClH/c1-7(17)10(20)18-3-2-4-21-11-9(13)5-8(6-19-11)12(14,15)16;/h5-7H,2-4,17H2,1H3,(H,18,20);1H. The van der Waals surface area contributed by atoms with Gasteiger partial charge in [0.05, 0.1) is 18.2 Å². The van der Waals surface area contributed by atoms with Crippen molar-refractivity contribution < 1.29 is 22.7 Å². The number of halogens is 5. The first-order valence-corrected chi connectivity index (χ1v) is 6.48. The van der Waals surface area contributed by atoms with Crippen LogP contribution in [0.25, 0.3) is 0 Å². The lowest BCUT2D eigenvalue weighted by molar-refractivity contribution is -0.137. The van der Waals surface area contributed by atoms with Gasteiger partial charge in [-0.15, -0.1) is 12.4 Å². The van der Waals surface area contributed by atoms with Gasteiger partial charge in [0, 0.05) is 12.7 Å². The average molecular weight is 362 g/mol. The van der Waals surface area contributed by atoms with Gasteiger partial charge in [0.15, 0.2) is 0 Å². The van der Waals surface area contributed by atoms with Gasteiger partial charge >= 0.3 is 6.18 Å². The number of rotatable bonds is 6. The Morgan fingerprint density at radius 2 is 2.18 bits per heavy atom. The van der Waals surface area contributed by atoms with Crippen molar-refractivity contribution in [3.63, 3.8) is 0 Å². The van der Waals surface area contributed by atoms with E-state index >= 15 is 0 Å². The molecule has 22 heavy (non-hydrogen) atoms. The van der Waals surface area contributed by atoms with Crippen LogP contribution in [0.3, 0.4) is 0 Å². The molecule has 3 N–H and O–H groups in total. The Balaban J connectivity index is 0.00000441. The molecular weight excluding hydrogens is 346 g/mol. The summed E-state index contributed by atoms with van der Waals surface area (Å²) in [5.74, 6) is -0.371. The number of ether oxygens (including phenoxy) is 1. The second-order valence-electron chi connectivity index (χ2n) is 4.29. The van der Waals surface area contributed by atoms with Crippen molar-refractivity contribution in [1.29, 1.82) is 0 Å². The molecule has 0 saturated carbocycles. The minimum Gasteiger partial charge on any atom is -0.477 e. The normalized spacial score (nSPS) is 12.3. The molecule has 0 radical (unpaired) electrons. The molecule has 0 bridgehead atoms. The molecule has 1 unspecified atom stereocenters. The zero-order valence-corrected chi connectivity index (χ0v) is 13.2. The minimum atomic E-state index is -4.50. The van der Waals surface area contributed by atoms with E-state index in [-0.39, 0.29) is 35.8 Å². The summed E-state index contributed by atoms with van der Waals surface area (Å²) in [5, 5.41) is 2.35. The topological polar surface area (TPSA) is 77.2 Å². The number of hydrogen-bond donors (Lipinski definition) is 2. The van der Waals surface area contributed by atoms with Gasteiger partial charge in [-0.25, -0.2) is 4.98 Å². The van der Waals surface area contributed by atoms with Gasteiger partial charge in [-0.3, -0.25) is 4.79 Å². The largest absolute Gasteiger partial charge is 0.477 e. The van der Waals surface area contributed by atoms with E-state index in [4.69, 9.17) is 22.1 Å². The van der Waals surface area contributed by atoms with Crippen molar-refractivity contribution in [3.8, 4) is 5.88 Å². The molecule has 0 saturated heterocycles. The Hall–Kier alpha value is -1.25. The molecule has 1 aromatic rings. The third kappa shape index (κ3) is 6.67. The summed E-state index contributed by atoms with van der Waals surface area (Å²) < 4.78 is 42.4. The predicted octanol–water partition coefficient (Wildman–Crippen LogP) is 2.41. The van der Waals surface area contributed by atoms with Gasteiger partial charge in [0.1, 0.15) is 5.02 Å². The second-order valence-corrected chi connectivity index (χ2v) is 4.70. The maximum Gasteiger partial charge on any atom is 0.417 e. The summed E-state index contributed by atoms with van der Waals surface area (Å²) >= 11 is 5.67. The molecule has 0 aliphatic carbocycles. The summed E-state index contributed by atoms with van der Waals surface area (Å²) in [4.78, 5) is 14.7. The summed E-state index contributed by atoms with van der Waals surface area (Å²) in [6.45, 7) is 2.04. The van der Waals surface area contributed by atoms with Crippen LogP contribution in [-0.2, 0) is 11.0 Å². The number of nitrogens with zero attached hydrogens (tertiary/aromatic N) is 1. The smallest absolute Gasteiger partial charge is 0.417 e. The molecule has 1 rings (SSSR count). The SMILES string of the molecule is CC(N)C(=O)NCCCOc1ncc(C(F)(F)F)cc1Cl.Cl. The van der Waals surface area contributed by atoms with Crippen molar-refractivity contribution in [3.05, 3.63) is 22.8 Å². The van der Waals surface area contributed by atoms with Crippen LogP contribution in [0.15, 0.2) is 12.3 Å². The van der Waals surface area contributed by atoms with Gasteiger partial charge < -0.3 is 15.8 Å². The third-order valence-corrected chi connectivity index (χ3v) is 2.68. The van der Waals surface area contributed by atoms with Crippen molar-refractivity contribution in [2.24, 2.45) is 5.73 Å². The van der Waals surface area contributed by atoms with E-state index in [1.54, 1.807) is 6.92 Å². The molecule has 1 atom stereocenters. The zero-order chi connectivity index (χ0) is 16.0. The van der Waals surface area contributed by atoms with Crippen molar-refractivity contribution >= 4 is 29.9 Å². The first-order chi connectivity index (χ1) is 9.71. The lowest BCUT2D eigenvalue weighted by Gasteiger charge is -2.11. The predicted molar refractivity (Wildman–Crippen MR) is 78.3 cm³/mol. The van der Waals surface area contributed by atoms with Gasteiger partial charge in [-0.2, -0.15) is 13.2 Å². The Labute approximate surface area is 136 Å². The van der Waals surface area contributed by atoms with E-state index in [9.17, 15) is 18.0 Å². The fraction of sp³-hybridized carbons (Fsp3) is 0.500. The molecule has 0 spiro atoms. The fourth-order valence-corrected chi connectivity index (χ4v) is 1.52. The first kappa shape index (κ1) is 20.8. The Bertz CT molecular complexity index is 499. The van der Waals surface area contributed by atoms with Crippen LogP contribution in [-0.4, -0.2) is 30.1 Å². The second kappa shape index (κ2) is 9.02. The molecule has 0 aliphatic rings. The maximum atomic E-state index is 12.4. The zero-order valence-electron chi connectivity index (χ0n) is 11.6. The molecule has 10 heteroatoms. The van der Waals surface area contributed by atoms with Crippen LogP contribution in [0.1, 0.15) is 18.9 Å². The lowest BCUT2D eigenvalue weighted by Crippen LogP contribution is -2.38. The Morgan fingerprint density at radius 3 is 2.68 bits per heavy atom. The van der Waals surface area contributed by atoms with E-state index in [0.717, 1.165) is 6.07 Å². The molecule has 1 aromatic heterocycles. The number of amides is 1. The van der Waals surface area contributed by atoms with E-state index in [2.05, 4.69) is 10.3 Å². The Morgan fingerprint density at radius 1 is 1.55 bits per heavy atom. The number of nitrogens with two attached hydrogens (primary N) is 1. The van der Waals surface area contributed by atoms with Crippen LogP contribution in [0, 0.1) is 0 Å². The van der Waals surface area contributed by atoms with Gasteiger partial charge in [-0.05, 0) is 19.4 Å². The Kier molecular flexibility index (Phi) is 8.50. The number of nitrogens with one attached hydrogen (secondary N) is 1. The van der Waals surface area contributed by atoms with Crippen LogP contribution in [0.2, 0.25) is 5.02 Å². The van der Waals surface area contributed by atoms with E-state index in [0.29, 0.717) is 19.2 Å². The quantitative estimate of drug-likeness (QED) is 0.762. The number of alkyl halides is 3.